The minimum Gasteiger partial charge on any atom is -0.352 e. The number of hydrogen-bond acceptors (Lipinski definition) is 5. The molecule has 2 bridgehead atoms. The maximum Gasteiger partial charge on any atom is 0.201 e. The van der Waals surface area contributed by atoms with Crippen molar-refractivity contribution < 1.29 is 24.0 Å². The van der Waals surface area contributed by atoms with E-state index in [4.69, 9.17) is 24.0 Å². The van der Waals surface area contributed by atoms with Crippen molar-refractivity contribution in [2.45, 2.75) is 83.8 Å². The second kappa shape index (κ2) is 5.67. The molecule has 132 valence electrons. The van der Waals surface area contributed by atoms with Crippen LogP contribution in [-0.2, 0) is 24.0 Å². The summed E-state index contributed by atoms with van der Waals surface area (Å²) in [5.41, 5.74) is -0.473. The van der Waals surface area contributed by atoms with Gasteiger partial charge in [0.1, 0.15) is 0 Å². The minimum atomic E-state index is -0.701. The zero-order valence-electron chi connectivity index (χ0n) is 14.7. The molecule has 0 amide bonds. The number of ether oxygens (including phenoxy) is 3. The van der Waals surface area contributed by atoms with Crippen LogP contribution >= 0.6 is 0 Å². The van der Waals surface area contributed by atoms with E-state index >= 15 is 0 Å². The summed E-state index contributed by atoms with van der Waals surface area (Å²) in [4.78, 5) is 11.9. The van der Waals surface area contributed by atoms with Crippen LogP contribution in [0.4, 0.5) is 0 Å². The fourth-order valence-electron chi connectivity index (χ4n) is 5.30. The predicted octanol–water partition coefficient (Wildman–Crippen LogP) is 3.62. The van der Waals surface area contributed by atoms with Gasteiger partial charge in [0.15, 0.2) is 18.2 Å². The van der Waals surface area contributed by atoms with Gasteiger partial charge in [-0.15, -0.1) is 0 Å². The Balaban J connectivity index is 1.70. The van der Waals surface area contributed by atoms with Gasteiger partial charge >= 0.3 is 0 Å². The lowest BCUT2D eigenvalue weighted by Gasteiger charge is -2.60. The van der Waals surface area contributed by atoms with Crippen molar-refractivity contribution in [2.75, 3.05) is 6.61 Å². The average Bonchev–Trinajstić information content (AvgIpc) is 2.76. The second-order valence-electron chi connectivity index (χ2n) is 8.14. The highest BCUT2D eigenvalue weighted by atomic mass is 17.3. The fourth-order valence-corrected chi connectivity index (χ4v) is 5.30. The summed E-state index contributed by atoms with van der Waals surface area (Å²) in [5.74, 6) is 0.956. The lowest BCUT2D eigenvalue weighted by Crippen LogP contribution is -2.70. The highest BCUT2D eigenvalue weighted by Gasteiger charge is 2.69. The first-order chi connectivity index (χ1) is 11.0. The van der Waals surface area contributed by atoms with Gasteiger partial charge < -0.3 is 14.2 Å². The molecule has 5 fully saturated rings. The molecule has 0 N–H and O–H groups in total. The van der Waals surface area contributed by atoms with Crippen LogP contribution in [0.2, 0.25) is 0 Å². The third kappa shape index (κ3) is 2.31. The average molecular weight is 326 g/mol. The summed E-state index contributed by atoms with van der Waals surface area (Å²) in [5, 5.41) is 0. The molecular weight excluding hydrogens is 296 g/mol. The summed E-state index contributed by atoms with van der Waals surface area (Å²) in [6.07, 6.45) is 4.66. The molecule has 0 aromatic rings. The van der Waals surface area contributed by atoms with Crippen LogP contribution in [0, 0.1) is 23.7 Å². The number of fused-ring (bicyclic) bond motifs is 2. The highest BCUT2D eigenvalue weighted by molar-refractivity contribution is 5.09. The van der Waals surface area contributed by atoms with Gasteiger partial charge in [-0.2, -0.15) is 0 Å². The Kier molecular flexibility index (Phi) is 4.01. The van der Waals surface area contributed by atoms with Gasteiger partial charge in [-0.05, 0) is 44.4 Å². The smallest absolute Gasteiger partial charge is 0.201 e. The van der Waals surface area contributed by atoms with E-state index in [1.54, 1.807) is 0 Å². The molecular formula is C18H30O5. The molecule has 5 rings (SSSR count). The highest BCUT2D eigenvalue weighted by Crippen LogP contribution is 2.60. The molecule has 5 aliphatic rings. The van der Waals surface area contributed by atoms with Crippen LogP contribution in [0.25, 0.3) is 0 Å². The van der Waals surface area contributed by atoms with Crippen LogP contribution in [0.3, 0.4) is 0 Å². The predicted molar refractivity (Wildman–Crippen MR) is 83.1 cm³/mol. The molecule has 8 atom stereocenters. The summed E-state index contributed by atoms with van der Waals surface area (Å²) < 4.78 is 18.6. The van der Waals surface area contributed by atoms with Gasteiger partial charge in [0.05, 0.1) is 0 Å². The van der Waals surface area contributed by atoms with E-state index in [0.29, 0.717) is 17.8 Å². The topological polar surface area (TPSA) is 46.2 Å². The standard InChI is InChI=1S/C18H30O5/c1-5-10-19-15-12(3)14-7-6-11(2)13-8-9-17(4)21-16(20-15)18(13,14)23-22-17/h11-16H,5-10H2,1-4H3/t11-,12-,13+,14+,15+,16-,17-,18-/m1/s1. The Labute approximate surface area is 138 Å². The van der Waals surface area contributed by atoms with E-state index in [2.05, 4.69) is 20.8 Å². The molecule has 1 saturated carbocycles. The summed E-state index contributed by atoms with van der Waals surface area (Å²) in [7, 11) is 0. The molecule has 0 aromatic heterocycles. The molecule has 23 heavy (non-hydrogen) atoms. The third-order valence-corrected chi connectivity index (χ3v) is 6.58. The summed E-state index contributed by atoms with van der Waals surface area (Å²) in [6.45, 7) is 9.36. The first-order valence-corrected chi connectivity index (χ1v) is 9.32. The van der Waals surface area contributed by atoms with Gasteiger partial charge in [0, 0.05) is 24.9 Å². The van der Waals surface area contributed by atoms with Crippen molar-refractivity contribution in [3.05, 3.63) is 0 Å². The lowest BCUT2D eigenvalue weighted by atomic mass is 9.58. The Morgan fingerprint density at radius 1 is 1.09 bits per heavy atom. The van der Waals surface area contributed by atoms with Gasteiger partial charge in [-0.1, -0.05) is 20.8 Å². The molecule has 0 unspecified atom stereocenters. The normalized spacial score (nSPS) is 55.3. The largest absolute Gasteiger partial charge is 0.352 e. The Hall–Kier alpha value is -0.200. The van der Waals surface area contributed by atoms with Crippen molar-refractivity contribution in [3.8, 4) is 0 Å². The van der Waals surface area contributed by atoms with Crippen LogP contribution < -0.4 is 0 Å². The van der Waals surface area contributed by atoms with Gasteiger partial charge in [-0.3, -0.25) is 0 Å². The zero-order chi connectivity index (χ0) is 16.2. The molecule has 4 saturated heterocycles. The fraction of sp³-hybridized carbons (Fsp3) is 1.00. The molecule has 4 heterocycles. The minimum absolute atomic E-state index is 0.212. The molecule has 0 radical (unpaired) electrons. The quantitative estimate of drug-likeness (QED) is 0.741. The van der Waals surface area contributed by atoms with Crippen LogP contribution in [-0.4, -0.2) is 30.6 Å². The van der Waals surface area contributed by atoms with Gasteiger partial charge in [0.25, 0.3) is 0 Å². The van der Waals surface area contributed by atoms with Crippen molar-refractivity contribution in [2.24, 2.45) is 23.7 Å². The van der Waals surface area contributed by atoms with E-state index < -0.39 is 11.4 Å². The Morgan fingerprint density at radius 3 is 2.70 bits per heavy atom. The van der Waals surface area contributed by atoms with Crippen molar-refractivity contribution in [1.29, 1.82) is 0 Å². The summed E-state index contributed by atoms with van der Waals surface area (Å²) in [6, 6.07) is 0. The van der Waals surface area contributed by atoms with Crippen LogP contribution in [0.5, 0.6) is 0 Å². The van der Waals surface area contributed by atoms with Gasteiger partial charge in [0.2, 0.25) is 5.79 Å². The lowest BCUT2D eigenvalue weighted by molar-refractivity contribution is -0.577. The molecule has 5 nitrogen and oxygen atoms in total. The number of hydrogen-bond donors (Lipinski definition) is 0. The Morgan fingerprint density at radius 2 is 1.91 bits per heavy atom. The van der Waals surface area contributed by atoms with E-state index in [9.17, 15) is 0 Å². The second-order valence-corrected chi connectivity index (χ2v) is 8.14. The van der Waals surface area contributed by atoms with Crippen LogP contribution in [0.15, 0.2) is 0 Å². The first kappa shape index (κ1) is 16.3. The van der Waals surface area contributed by atoms with Crippen LogP contribution in [0.1, 0.15) is 59.8 Å². The summed E-state index contributed by atoms with van der Waals surface area (Å²) >= 11 is 0. The Bertz CT molecular complexity index is 457. The van der Waals surface area contributed by atoms with E-state index in [1.165, 1.54) is 6.42 Å². The van der Waals surface area contributed by atoms with E-state index in [0.717, 1.165) is 32.3 Å². The van der Waals surface area contributed by atoms with Crippen molar-refractivity contribution >= 4 is 0 Å². The monoisotopic (exact) mass is 326 g/mol. The van der Waals surface area contributed by atoms with Crippen molar-refractivity contribution in [3.63, 3.8) is 0 Å². The zero-order valence-corrected chi connectivity index (χ0v) is 14.7. The van der Waals surface area contributed by atoms with E-state index in [1.807, 2.05) is 6.92 Å². The third-order valence-electron chi connectivity index (χ3n) is 6.58. The molecule has 1 aliphatic carbocycles. The van der Waals surface area contributed by atoms with E-state index in [-0.39, 0.29) is 18.5 Å². The maximum absolute atomic E-state index is 6.31. The van der Waals surface area contributed by atoms with Crippen molar-refractivity contribution in [1.82, 2.24) is 0 Å². The first-order valence-electron chi connectivity index (χ1n) is 9.32. The number of rotatable bonds is 3. The molecule has 1 spiro atoms. The molecule has 5 heteroatoms. The molecule has 4 aliphatic heterocycles. The maximum atomic E-state index is 6.31. The molecule has 0 aromatic carbocycles. The SMILES string of the molecule is CCCO[C@H]1O[C@@H]2O[C@@]3(C)CC[C@H]4[C@H](C)CC[C@@H]([C@H]1C)[C@@]24OO3. The van der Waals surface area contributed by atoms with Gasteiger partial charge in [-0.25, -0.2) is 9.78 Å².